The van der Waals surface area contributed by atoms with Crippen LogP contribution in [0.2, 0.25) is 0 Å². The largest absolute Gasteiger partial charge is 0.451 e. The molecular formula is C20H30O10S. The van der Waals surface area contributed by atoms with Gasteiger partial charge in [0.15, 0.2) is 0 Å². The molecule has 1 saturated heterocycles. The molecule has 4 N–H and O–H groups in total. The Morgan fingerprint density at radius 1 is 1.10 bits per heavy atom. The minimum absolute atomic E-state index is 0.0701. The summed E-state index contributed by atoms with van der Waals surface area (Å²) >= 11 is 0. The Hall–Kier alpha value is -1.76. The fourth-order valence-electron chi connectivity index (χ4n) is 3.31. The van der Waals surface area contributed by atoms with Gasteiger partial charge in [-0.15, -0.1) is 0 Å². The summed E-state index contributed by atoms with van der Waals surface area (Å²) in [6.07, 6.45) is -3.48. The Balaban J connectivity index is 2.33. The van der Waals surface area contributed by atoms with Crippen LogP contribution in [0.3, 0.4) is 0 Å². The van der Waals surface area contributed by atoms with Gasteiger partial charge in [0, 0.05) is 6.42 Å². The fourth-order valence-corrected chi connectivity index (χ4v) is 4.24. The van der Waals surface area contributed by atoms with Gasteiger partial charge in [-0.25, -0.2) is 0 Å². The highest BCUT2D eigenvalue weighted by Gasteiger charge is 2.66. The van der Waals surface area contributed by atoms with Gasteiger partial charge in [0.1, 0.15) is 24.1 Å². The first-order valence-electron chi connectivity index (χ1n) is 10.2. The summed E-state index contributed by atoms with van der Waals surface area (Å²) in [5.41, 5.74) is 0. The number of hydrogen-bond acceptors (Lipinski definition) is 9. The molecule has 0 radical (unpaired) electrons. The van der Waals surface area contributed by atoms with Crippen LogP contribution in [0.5, 0.6) is 5.75 Å². The van der Waals surface area contributed by atoms with E-state index in [1.165, 1.54) is 24.3 Å². The average Bonchev–Trinajstić information content (AvgIpc) is 2.73. The number of benzene rings is 1. The van der Waals surface area contributed by atoms with Gasteiger partial charge in [0.2, 0.25) is 6.10 Å². The number of esters is 1. The molecule has 0 aromatic heterocycles. The number of carbonyl (C=O) groups is 1. The molecule has 0 aliphatic carbocycles. The maximum atomic E-state index is 12.4. The zero-order chi connectivity index (χ0) is 23.1. The molecule has 2 rings (SSSR count). The minimum atomic E-state index is -5.32. The highest BCUT2D eigenvalue weighted by molar-refractivity contribution is 7.87. The zero-order valence-electron chi connectivity index (χ0n) is 17.3. The first-order chi connectivity index (χ1) is 14.7. The minimum Gasteiger partial charge on any atom is -0.451 e. The predicted octanol–water partition coefficient (Wildman–Crippen LogP) is 0.992. The number of hydrogen-bond donors (Lipinski definition) is 4. The van der Waals surface area contributed by atoms with Gasteiger partial charge < -0.3 is 29.5 Å². The molecule has 1 fully saturated rings. The van der Waals surface area contributed by atoms with E-state index >= 15 is 0 Å². The van der Waals surface area contributed by atoms with Gasteiger partial charge in [-0.1, -0.05) is 50.8 Å². The topological polar surface area (TPSA) is 160 Å². The van der Waals surface area contributed by atoms with E-state index in [4.69, 9.17) is 14.2 Å². The second-order valence-electron chi connectivity index (χ2n) is 7.39. The Morgan fingerprint density at radius 2 is 1.74 bits per heavy atom. The van der Waals surface area contributed by atoms with E-state index in [9.17, 15) is 33.1 Å². The van der Waals surface area contributed by atoms with Gasteiger partial charge in [0.05, 0.1) is 6.61 Å². The quantitative estimate of drug-likeness (QED) is 0.212. The van der Waals surface area contributed by atoms with Crippen LogP contribution in [0, 0.1) is 0 Å². The highest BCUT2D eigenvalue weighted by atomic mass is 32.2. The van der Waals surface area contributed by atoms with E-state index in [2.05, 4.69) is 0 Å². The maximum absolute atomic E-state index is 12.4. The molecule has 1 aliphatic heterocycles. The van der Waals surface area contributed by atoms with Crippen LogP contribution < -0.4 is 4.74 Å². The number of aliphatic hydroxyl groups excluding tert-OH is 3. The molecule has 11 heteroatoms. The molecule has 1 aliphatic rings. The summed E-state index contributed by atoms with van der Waals surface area (Å²) in [7, 11) is -5.32. The Bertz CT molecular complexity index is 799. The third kappa shape index (κ3) is 6.15. The van der Waals surface area contributed by atoms with Gasteiger partial charge in [-0.3, -0.25) is 9.35 Å². The number of carbonyl (C=O) groups excluding carboxylic acids is 1. The van der Waals surface area contributed by atoms with Crippen LogP contribution in [-0.4, -0.2) is 70.4 Å². The number of unbranched alkanes of at least 4 members (excludes halogenated alkanes) is 4. The average molecular weight is 463 g/mol. The lowest BCUT2D eigenvalue weighted by atomic mass is 9.98. The van der Waals surface area contributed by atoms with Gasteiger partial charge in [0.25, 0.3) is 0 Å². The molecule has 5 atom stereocenters. The fraction of sp³-hybridized carbons (Fsp3) is 0.650. The molecule has 0 spiro atoms. The van der Waals surface area contributed by atoms with Crippen molar-refractivity contribution in [1.82, 2.24) is 0 Å². The van der Waals surface area contributed by atoms with E-state index in [0.717, 1.165) is 25.7 Å². The molecule has 0 saturated carbocycles. The molecule has 1 aromatic rings. The van der Waals surface area contributed by atoms with Crippen molar-refractivity contribution in [2.24, 2.45) is 0 Å². The second kappa shape index (κ2) is 11.2. The molecule has 0 unspecified atom stereocenters. The summed E-state index contributed by atoms with van der Waals surface area (Å²) < 4.78 is 50.6. The smallest absolute Gasteiger partial charge is 0.382 e. The summed E-state index contributed by atoms with van der Waals surface area (Å²) in [5.74, 6) is -0.940. The Labute approximate surface area is 181 Å². The van der Waals surface area contributed by atoms with Crippen LogP contribution in [0.4, 0.5) is 0 Å². The van der Waals surface area contributed by atoms with Crippen LogP contribution in [0.15, 0.2) is 30.3 Å². The lowest BCUT2D eigenvalue weighted by Gasteiger charge is -2.46. The maximum Gasteiger partial charge on any atom is 0.382 e. The summed E-state index contributed by atoms with van der Waals surface area (Å²) in [4.78, 5) is 12.4. The van der Waals surface area contributed by atoms with Crippen molar-refractivity contribution in [2.45, 2.75) is 75.0 Å². The van der Waals surface area contributed by atoms with Crippen molar-refractivity contribution >= 4 is 16.1 Å². The monoisotopic (exact) mass is 462 g/mol. The molecule has 1 heterocycles. The number of rotatable bonds is 11. The molecule has 1 aromatic carbocycles. The predicted molar refractivity (Wildman–Crippen MR) is 109 cm³/mol. The Morgan fingerprint density at radius 3 is 2.32 bits per heavy atom. The summed E-state index contributed by atoms with van der Waals surface area (Å²) in [5, 5.41) is 27.1. The standard InChI is InChI=1S/C20H30O10S/c1-2-3-4-5-9-12-16(22)28-19-18(24)17(23)15(13-21)30-20(19,31(25,26)27)29-14-10-7-6-8-11-14/h6-8,10-11,15,17-19,21,23-24H,2-5,9,12-13H2,1H3,(H,25,26,27)/t15-,17-,18+,19+,20-/m1/s1. The van der Waals surface area contributed by atoms with E-state index in [0.29, 0.717) is 6.42 Å². The van der Waals surface area contributed by atoms with E-state index in [1.807, 2.05) is 6.92 Å². The van der Waals surface area contributed by atoms with Crippen molar-refractivity contribution in [1.29, 1.82) is 0 Å². The van der Waals surface area contributed by atoms with Crippen LogP contribution in [-0.2, 0) is 24.4 Å². The van der Waals surface area contributed by atoms with Crippen LogP contribution in [0.25, 0.3) is 0 Å². The first kappa shape index (κ1) is 25.5. The molecule has 0 amide bonds. The van der Waals surface area contributed by atoms with Crippen molar-refractivity contribution in [3.05, 3.63) is 30.3 Å². The lowest BCUT2D eigenvalue weighted by molar-refractivity contribution is -0.304. The van der Waals surface area contributed by atoms with Crippen molar-refractivity contribution in [3.63, 3.8) is 0 Å². The lowest BCUT2D eigenvalue weighted by Crippen LogP contribution is -2.71. The molecule has 0 bridgehead atoms. The van der Waals surface area contributed by atoms with Gasteiger partial charge in [-0.2, -0.15) is 8.42 Å². The van der Waals surface area contributed by atoms with Crippen molar-refractivity contribution < 1.29 is 47.3 Å². The van der Waals surface area contributed by atoms with E-state index < -0.39 is 52.2 Å². The third-order valence-corrected chi connectivity index (χ3v) is 6.12. The van der Waals surface area contributed by atoms with E-state index in [-0.39, 0.29) is 12.2 Å². The molecule has 31 heavy (non-hydrogen) atoms. The highest BCUT2D eigenvalue weighted by Crippen LogP contribution is 2.38. The molecular weight excluding hydrogens is 432 g/mol. The molecule has 176 valence electrons. The van der Waals surface area contributed by atoms with E-state index in [1.54, 1.807) is 6.07 Å². The van der Waals surface area contributed by atoms with Crippen molar-refractivity contribution in [2.75, 3.05) is 6.61 Å². The van der Waals surface area contributed by atoms with Crippen LogP contribution >= 0.6 is 0 Å². The van der Waals surface area contributed by atoms with Gasteiger partial charge >= 0.3 is 21.2 Å². The Kier molecular flexibility index (Phi) is 9.22. The molecule has 10 nitrogen and oxygen atoms in total. The van der Waals surface area contributed by atoms with Gasteiger partial charge in [-0.05, 0) is 18.6 Å². The summed E-state index contributed by atoms with van der Waals surface area (Å²) in [6.45, 7) is 1.15. The number of ether oxygens (including phenoxy) is 3. The van der Waals surface area contributed by atoms with Crippen LogP contribution in [0.1, 0.15) is 45.4 Å². The third-order valence-electron chi connectivity index (χ3n) is 4.99. The number of aliphatic hydroxyl groups is 3. The first-order valence-corrected chi connectivity index (χ1v) is 11.7. The van der Waals surface area contributed by atoms with Crippen molar-refractivity contribution in [3.8, 4) is 5.75 Å². The SMILES string of the molecule is CCCCCCCC(=O)O[C@H]1[C@@H](O)[C@H](O)[C@@H](CO)O[C@@]1(Oc1ccccc1)S(=O)(=O)O. The zero-order valence-corrected chi connectivity index (χ0v) is 18.1. The normalized spacial score (nSPS) is 28.8. The summed E-state index contributed by atoms with van der Waals surface area (Å²) in [6, 6.07) is 7.37. The second-order valence-corrected chi connectivity index (χ2v) is 8.91. The number of para-hydroxylation sites is 1.